The first-order valence-electron chi connectivity index (χ1n) is 5.04. The zero-order chi connectivity index (χ0) is 11.4. The molecule has 1 aromatic heterocycles. The van der Waals surface area contributed by atoms with Gasteiger partial charge in [0.05, 0.1) is 6.42 Å². The Labute approximate surface area is 98.5 Å². The first-order chi connectivity index (χ1) is 7.75. The van der Waals surface area contributed by atoms with Crippen molar-refractivity contribution in [2.45, 2.75) is 13.3 Å². The van der Waals surface area contributed by atoms with Crippen molar-refractivity contribution < 1.29 is 9.53 Å². The summed E-state index contributed by atoms with van der Waals surface area (Å²) < 4.78 is 5.29. The van der Waals surface area contributed by atoms with Gasteiger partial charge in [-0.1, -0.05) is 24.3 Å². The van der Waals surface area contributed by atoms with Crippen LogP contribution in [0.5, 0.6) is 5.75 Å². The van der Waals surface area contributed by atoms with Gasteiger partial charge in [-0.2, -0.15) is 0 Å². The third-order valence-electron chi connectivity index (χ3n) is 2.22. The van der Waals surface area contributed by atoms with Crippen LogP contribution in [0.15, 0.2) is 41.8 Å². The van der Waals surface area contributed by atoms with E-state index < -0.39 is 0 Å². The zero-order valence-corrected chi connectivity index (χ0v) is 9.79. The largest absolute Gasteiger partial charge is 0.426 e. The molecule has 2 aromatic rings. The van der Waals surface area contributed by atoms with Gasteiger partial charge in [-0.25, -0.2) is 0 Å². The van der Waals surface area contributed by atoms with Gasteiger partial charge in [0.15, 0.2) is 0 Å². The molecule has 1 aromatic carbocycles. The van der Waals surface area contributed by atoms with Gasteiger partial charge in [-0.05, 0) is 30.0 Å². The highest BCUT2D eigenvalue weighted by Gasteiger charge is 2.08. The molecule has 0 bridgehead atoms. The normalized spacial score (nSPS) is 10.1. The van der Waals surface area contributed by atoms with Crippen LogP contribution in [0.3, 0.4) is 0 Å². The molecular formula is C13H12O2S. The standard InChI is InChI=1S/C13H12O2S/c1-10-5-2-3-7-12(10)15-13(14)9-11-6-4-8-16-11/h2-8H,9H2,1H3. The Kier molecular flexibility index (Phi) is 3.37. The summed E-state index contributed by atoms with van der Waals surface area (Å²) in [6.45, 7) is 1.92. The average Bonchev–Trinajstić information content (AvgIpc) is 2.74. The highest BCUT2D eigenvalue weighted by Crippen LogP contribution is 2.17. The number of aryl methyl sites for hydroxylation is 1. The molecule has 0 atom stereocenters. The second-order valence-electron chi connectivity index (χ2n) is 3.50. The van der Waals surface area contributed by atoms with Gasteiger partial charge in [-0.3, -0.25) is 4.79 Å². The number of rotatable bonds is 3. The molecule has 0 fully saturated rings. The molecule has 0 N–H and O–H groups in total. The quantitative estimate of drug-likeness (QED) is 0.600. The number of thiophene rings is 1. The van der Waals surface area contributed by atoms with Crippen LogP contribution in [0.4, 0.5) is 0 Å². The van der Waals surface area contributed by atoms with Gasteiger partial charge in [0.1, 0.15) is 5.75 Å². The van der Waals surface area contributed by atoms with E-state index in [1.54, 1.807) is 11.3 Å². The maximum absolute atomic E-state index is 11.6. The number of para-hydroxylation sites is 1. The van der Waals surface area contributed by atoms with E-state index in [1.807, 2.05) is 48.7 Å². The van der Waals surface area contributed by atoms with E-state index in [0.717, 1.165) is 10.4 Å². The van der Waals surface area contributed by atoms with Gasteiger partial charge in [0.2, 0.25) is 0 Å². The topological polar surface area (TPSA) is 26.3 Å². The number of hydrogen-bond donors (Lipinski definition) is 0. The highest BCUT2D eigenvalue weighted by atomic mass is 32.1. The summed E-state index contributed by atoms with van der Waals surface area (Å²) in [7, 11) is 0. The van der Waals surface area contributed by atoms with Crippen molar-refractivity contribution in [2.75, 3.05) is 0 Å². The molecule has 82 valence electrons. The van der Waals surface area contributed by atoms with Crippen LogP contribution < -0.4 is 4.74 Å². The van der Waals surface area contributed by atoms with Crippen molar-refractivity contribution in [3.63, 3.8) is 0 Å². The minimum atomic E-state index is -0.211. The molecule has 0 saturated heterocycles. The van der Waals surface area contributed by atoms with Crippen LogP contribution in [-0.4, -0.2) is 5.97 Å². The number of carbonyl (C=O) groups excluding carboxylic acids is 1. The lowest BCUT2D eigenvalue weighted by Gasteiger charge is -2.05. The van der Waals surface area contributed by atoms with Crippen molar-refractivity contribution >= 4 is 17.3 Å². The first-order valence-corrected chi connectivity index (χ1v) is 5.92. The van der Waals surface area contributed by atoms with Gasteiger partial charge in [0.25, 0.3) is 0 Å². The van der Waals surface area contributed by atoms with Crippen LogP contribution in [-0.2, 0) is 11.2 Å². The van der Waals surface area contributed by atoms with E-state index in [9.17, 15) is 4.79 Å². The Hall–Kier alpha value is -1.61. The van der Waals surface area contributed by atoms with Crippen LogP contribution in [0.2, 0.25) is 0 Å². The van der Waals surface area contributed by atoms with Crippen LogP contribution in [0, 0.1) is 6.92 Å². The van der Waals surface area contributed by atoms with Crippen LogP contribution in [0.1, 0.15) is 10.4 Å². The molecule has 3 heteroatoms. The molecule has 0 saturated carbocycles. The summed E-state index contributed by atoms with van der Waals surface area (Å²) >= 11 is 1.57. The maximum atomic E-state index is 11.6. The number of hydrogen-bond acceptors (Lipinski definition) is 3. The molecular weight excluding hydrogens is 220 g/mol. The number of ether oxygens (including phenoxy) is 1. The minimum Gasteiger partial charge on any atom is -0.426 e. The van der Waals surface area contributed by atoms with E-state index in [2.05, 4.69) is 0 Å². The summed E-state index contributed by atoms with van der Waals surface area (Å²) in [5, 5.41) is 1.95. The fraction of sp³-hybridized carbons (Fsp3) is 0.154. The van der Waals surface area contributed by atoms with Crippen LogP contribution >= 0.6 is 11.3 Å². The maximum Gasteiger partial charge on any atom is 0.316 e. The molecule has 0 aliphatic heterocycles. The third-order valence-corrected chi connectivity index (χ3v) is 3.09. The van der Waals surface area contributed by atoms with Crippen molar-refractivity contribution in [1.82, 2.24) is 0 Å². The molecule has 0 spiro atoms. The Bertz CT molecular complexity index is 474. The van der Waals surface area contributed by atoms with Gasteiger partial charge < -0.3 is 4.74 Å². The summed E-state index contributed by atoms with van der Waals surface area (Å²) in [6.07, 6.45) is 0.339. The lowest BCUT2D eigenvalue weighted by atomic mass is 10.2. The van der Waals surface area contributed by atoms with Gasteiger partial charge in [-0.15, -0.1) is 11.3 Å². The van der Waals surface area contributed by atoms with Crippen molar-refractivity contribution in [3.8, 4) is 5.75 Å². The molecule has 0 amide bonds. The Morgan fingerprint density at radius 3 is 2.75 bits per heavy atom. The van der Waals surface area contributed by atoms with Crippen molar-refractivity contribution in [1.29, 1.82) is 0 Å². The van der Waals surface area contributed by atoms with E-state index in [0.29, 0.717) is 12.2 Å². The zero-order valence-electron chi connectivity index (χ0n) is 8.97. The summed E-state index contributed by atoms with van der Waals surface area (Å²) in [4.78, 5) is 12.6. The first kappa shape index (κ1) is 10.9. The fourth-order valence-electron chi connectivity index (χ4n) is 1.39. The lowest BCUT2D eigenvalue weighted by Crippen LogP contribution is -2.10. The third kappa shape index (κ3) is 2.70. The molecule has 0 radical (unpaired) electrons. The van der Waals surface area contributed by atoms with Crippen LogP contribution in [0.25, 0.3) is 0 Å². The van der Waals surface area contributed by atoms with Gasteiger partial charge >= 0.3 is 5.97 Å². The molecule has 0 aliphatic rings. The second-order valence-corrected chi connectivity index (χ2v) is 4.53. The van der Waals surface area contributed by atoms with Crippen molar-refractivity contribution in [3.05, 3.63) is 52.2 Å². The summed E-state index contributed by atoms with van der Waals surface area (Å²) in [5.41, 5.74) is 0.974. The number of benzene rings is 1. The predicted molar refractivity (Wildman–Crippen MR) is 64.8 cm³/mol. The van der Waals surface area contributed by atoms with Gasteiger partial charge in [0, 0.05) is 4.88 Å². The van der Waals surface area contributed by atoms with E-state index in [-0.39, 0.29) is 5.97 Å². The smallest absolute Gasteiger partial charge is 0.316 e. The molecule has 1 heterocycles. The second kappa shape index (κ2) is 4.94. The fourth-order valence-corrected chi connectivity index (χ4v) is 2.08. The Morgan fingerprint density at radius 2 is 2.06 bits per heavy atom. The van der Waals surface area contributed by atoms with E-state index >= 15 is 0 Å². The van der Waals surface area contributed by atoms with E-state index in [4.69, 9.17) is 4.74 Å². The molecule has 16 heavy (non-hydrogen) atoms. The summed E-state index contributed by atoms with van der Waals surface area (Å²) in [5.74, 6) is 0.431. The molecule has 0 aliphatic carbocycles. The number of carbonyl (C=O) groups is 1. The van der Waals surface area contributed by atoms with E-state index in [1.165, 1.54) is 0 Å². The molecule has 2 nitrogen and oxygen atoms in total. The Balaban J connectivity index is 2.00. The number of esters is 1. The Morgan fingerprint density at radius 1 is 1.25 bits per heavy atom. The predicted octanol–water partition coefficient (Wildman–Crippen LogP) is 3.20. The highest BCUT2D eigenvalue weighted by molar-refractivity contribution is 7.10. The molecule has 0 unspecified atom stereocenters. The molecule has 2 rings (SSSR count). The minimum absolute atomic E-state index is 0.211. The SMILES string of the molecule is Cc1ccccc1OC(=O)Cc1cccs1. The monoisotopic (exact) mass is 232 g/mol. The van der Waals surface area contributed by atoms with Crippen molar-refractivity contribution in [2.24, 2.45) is 0 Å². The summed E-state index contributed by atoms with van der Waals surface area (Å²) in [6, 6.07) is 11.4. The average molecular weight is 232 g/mol. The lowest BCUT2D eigenvalue weighted by molar-refractivity contribution is -0.133.